The fourth-order valence-electron chi connectivity index (χ4n) is 1.79. The van der Waals surface area contributed by atoms with Crippen LogP contribution in [0.1, 0.15) is 5.56 Å². The van der Waals surface area contributed by atoms with Crippen molar-refractivity contribution in [3.63, 3.8) is 0 Å². The van der Waals surface area contributed by atoms with Crippen molar-refractivity contribution < 1.29 is 4.39 Å². The first-order valence-electron chi connectivity index (χ1n) is 5.27. The molecular formula is C13H8Cl4FN. The average Bonchev–Trinajstić information content (AvgIpc) is 2.37. The lowest BCUT2D eigenvalue weighted by atomic mass is 9.99. The molecule has 0 spiro atoms. The first-order valence-corrected chi connectivity index (χ1v) is 6.78. The van der Waals surface area contributed by atoms with Crippen LogP contribution in [0.25, 0.3) is 11.1 Å². The summed E-state index contributed by atoms with van der Waals surface area (Å²) in [5.74, 6) is -0.378. The Morgan fingerprint density at radius 2 is 1.63 bits per heavy atom. The van der Waals surface area contributed by atoms with Crippen molar-refractivity contribution in [2.24, 2.45) is 5.73 Å². The van der Waals surface area contributed by atoms with E-state index < -0.39 is 0 Å². The quantitative estimate of drug-likeness (QED) is 0.562. The van der Waals surface area contributed by atoms with Crippen LogP contribution in [-0.2, 0) is 6.54 Å². The summed E-state index contributed by atoms with van der Waals surface area (Å²) < 4.78 is 13.2. The highest BCUT2D eigenvalue weighted by molar-refractivity contribution is 6.51. The van der Waals surface area contributed by atoms with Gasteiger partial charge in [-0.25, -0.2) is 4.39 Å². The zero-order valence-corrected chi connectivity index (χ0v) is 12.5. The van der Waals surface area contributed by atoms with Gasteiger partial charge in [0.15, 0.2) is 0 Å². The number of benzene rings is 2. The fourth-order valence-corrected chi connectivity index (χ4v) is 2.90. The fraction of sp³-hybridized carbons (Fsp3) is 0.0769. The summed E-state index contributed by atoms with van der Waals surface area (Å²) in [5, 5.41) is 1.02. The van der Waals surface area contributed by atoms with E-state index in [9.17, 15) is 4.39 Å². The highest BCUT2D eigenvalue weighted by Gasteiger charge is 2.17. The summed E-state index contributed by atoms with van der Waals surface area (Å²) in [6.07, 6.45) is 0. The maximum atomic E-state index is 13.2. The molecule has 0 radical (unpaired) electrons. The molecule has 0 aromatic heterocycles. The van der Waals surface area contributed by atoms with Gasteiger partial charge >= 0.3 is 0 Å². The largest absolute Gasteiger partial charge is 0.326 e. The van der Waals surface area contributed by atoms with E-state index in [1.165, 1.54) is 18.2 Å². The van der Waals surface area contributed by atoms with E-state index in [2.05, 4.69) is 0 Å². The SMILES string of the molecule is NCc1cc(F)ccc1-c1c(Cl)cc(Cl)c(Cl)c1Cl. The standard InChI is InChI=1S/C13H8Cl4FN/c14-9-4-10(15)12(16)13(17)11(9)8-2-1-7(18)3-6(8)5-19/h1-4H,5,19H2. The molecule has 0 bridgehead atoms. The lowest BCUT2D eigenvalue weighted by Gasteiger charge is -2.13. The lowest BCUT2D eigenvalue weighted by molar-refractivity contribution is 0.625. The van der Waals surface area contributed by atoms with E-state index in [1.807, 2.05) is 0 Å². The normalized spacial score (nSPS) is 10.8. The molecule has 0 aliphatic carbocycles. The van der Waals surface area contributed by atoms with Gasteiger partial charge in [0.2, 0.25) is 0 Å². The van der Waals surface area contributed by atoms with E-state index in [-0.39, 0.29) is 27.4 Å². The van der Waals surface area contributed by atoms with E-state index >= 15 is 0 Å². The van der Waals surface area contributed by atoms with Gasteiger partial charge in [-0.05, 0) is 29.3 Å². The summed E-state index contributed by atoms with van der Waals surface area (Å²) in [4.78, 5) is 0. The number of nitrogens with two attached hydrogens (primary N) is 1. The van der Waals surface area contributed by atoms with Crippen LogP contribution in [0.4, 0.5) is 4.39 Å². The summed E-state index contributed by atoms with van der Waals surface area (Å²) in [6.45, 7) is 0.153. The average molecular weight is 339 g/mol. The summed E-state index contributed by atoms with van der Waals surface area (Å²) >= 11 is 24.2. The van der Waals surface area contributed by atoms with Gasteiger partial charge in [0, 0.05) is 12.1 Å². The number of hydrogen-bond donors (Lipinski definition) is 1. The number of halogens is 5. The Morgan fingerprint density at radius 3 is 2.26 bits per heavy atom. The number of hydrogen-bond acceptors (Lipinski definition) is 1. The smallest absolute Gasteiger partial charge is 0.123 e. The zero-order valence-electron chi connectivity index (χ0n) is 9.48. The van der Waals surface area contributed by atoms with Crippen molar-refractivity contribution in [1.82, 2.24) is 0 Å². The van der Waals surface area contributed by atoms with Crippen LogP contribution in [0.3, 0.4) is 0 Å². The second kappa shape index (κ2) is 5.86. The first kappa shape index (κ1) is 14.9. The molecule has 0 fully saturated rings. The first-order chi connectivity index (χ1) is 8.95. The summed E-state index contributed by atoms with van der Waals surface area (Å²) in [7, 11) is 0. The third kappa shape index (κ3) is 2.83. The maximum Gasteiger partial charge on any atom is 0.123 e. The molecule has 2 rings (SSSR count). The molecule has 0 saturated carbocycles. The van der Waals surface area contributed by atoms with Crippen molar-refractivity contribution in [3.05, 3.63) is 55.7 Å². The predicted molar refractivity (Wildman–Crippen MR) is 79.8 cm³/mol. The molecule has 1 nitrogen and oxygen atoms in total. The molecule has 19 heavy (non-hydrogen) atoms. The van der Waals surface area contributed by atoms with Crippen molar-refractivity contribution >= 4 is 46.4 Å². The third-order valence-electron chi connectivity index (χ3n) is 2.67. The van der Waals surface area contributed by atoms with Gasteiger partial charge in [-0.1, -0.05) is 52.5 Å². The van der Waals surface area contributed by atoms with E-state index in [0.717, 1.165) is 0 Å². The highest BCUT2D eigenvalue weighted by atomic mass is 35.5. The zero-order chi connectivity index (χ0) is 14.2. The van der Waals surface area contributed by atoms with E-state index in [4.69, 9.17) is 52.1 Å². The second-order valence-electron chi connectivity index (χ2n) is 3.85. The predicted octanol–water partition coefficient (Wildman–Crippen LogP) is 5.57. The van der Waals surface area contributed by atoms with Gasteiger partial charge in [-0.2, -0.15) is 0 Å². The molecule has 0 unspecified atom stereocenters. The minimum absolute atomic E-state index is 0.153. The van der Waals surface area contributed by atoms with Crippen molar-refractivity contribution in [2.45, 2.75) is 6.54 Å². The van der Waals surface area contributed by atoms with Crippen molar-refractivity contribution in [2.75, 3.05) is 0 Å². The van der Waals surface area contributed by atoms with Crippen LogP contribution < -0.4 is 5.73 Å². The monoisotopic (exact) mass is 337 g/mol. The molecule has 2 aromatic rings. The Labute approximate surface area is 130 Å². The van der Waals surface area contributed by atoms with Crippen LogP contribution in [0, 0.1) is 5.82 Å². The van der Waals surface area contributed by atoms with Crippen LogP contribution in [0.2, 0.25) is 20.1 Å². The van der Waals surface area contributed by atoms with Gasteiger partial charge in [0.05, 0.1) is 20.1 Å². The molecule has 0 atom stereocenters. The van der Waals surface area contributed by atoms with Gasteiger partial charge in [0.25, 0.3) is 0 Å². The van der Waals surface area contributed by atoms with Crippen LogP contribution >= 0.6 is 46.4 Å². The van der Waals surface area contributed by atoms with Crippen LogP contribution in [0.15, 0.2) is 24.3 Å². The Balaban J connectivity index is 2.76. The van der Waals surface area contributed by atoms with Crippen molar-refractivity contribution in [1.29, 1.82) is 0 Å². The molecule has 6 heteroatoms. The van der Waals surface area contributed by atoms with E-state index in [1.54, 1.807) is 6.07 Å². The highest BCUT2D eigenvalue weighted by Crippen LogP contribution is 2.44. The second-order valence-corrected chi connectivity index (χ2v) is 5.42. The maximum absolute atomic E-state index is 13.2. The minimum atomic E-state index is -0.378. The molecule has 2 aromatic carbocycles. The Kier molecular flexibility index (Phi) is 4.59. The lowest BCUT2D eigenvalue weighted by Crippen LogP contribution is -2.00. The van der Waals surface area contributed by atoms with Crippen LogP contribution in [0.5, 0.6) is 0 Å². The molecule has 2 N–H and O–H groups in total. The number of rotatable bonds is 2. The molecule has 0 heterocycles. The molecule has 0 aliphatic rings. The molecule has 0 saturated heterocycles. The van der Waals surface area contributed by atoms with E-state index in [0.29, 0.717) is 21.7 Å². The third-order valence-corrected chi connectivity index (χ3v) is 4.23. The molecule has 0 aliphatic heterocycles. The minimum Gasteiger partial charge on any atom is -0.326 e. The van der Waals surface area contributed by atoms with Gasteiger partial charge in [0.1, 0.15) is 5.82 Å². The van der Waals surface area contributed by atoms with Crippen LogP contribution in [-0.4, -0.2) is 0 Å². The molecular weight excluding hydrogens is 331 g/mol. The Bertz CT molecular complexity index is 643. The topological polar surface area (TPSA) is 26.0 Å². The summed E-state index contributed by atoms with van der Waals surface area (Å²) in [5.41, 5.74) is 7.33. The van der Waals surface area contributed by atoms with Gasteiger partial charge in [-0.15, -0.1) is 0 Å². The van der Waals surface area contributed by atoms with Gasteiger partial charge < -0.3 is 5.73 Å². The summed E-state index contributed by atoms with van der Waals surface area (Å²) in [6, 6.07) is 5.71. The van der Waals surface area contributed by atoms with Gasteiger partial charge in [-0.3, -0.25) is 0 Å². The Morgan fingerprint density at radius 1 is 0.947 bits per heavy atom. The van der Waals surface area contributed by atoms with Crippen molar-refractivity contribution in [3.8, 4) is 11.1 Å². The Hall–Kier alpha value is -0.510. The molecule has 0 amide bonds. The molecule has 100 valence electrons.